The van der Waals surface area contributed by atoms with Crippen LogP contribution in [0.5, 0.6) is 0 Å². The molecule has 0 aliphatic carbocycles. The number of aliphatic hydroxyl groups excluding tert-OH is 1. The summed E-state index contributed by atoms with van der Waals surface area (Å²) in [6.45, 7) is 1.13. The number of aliphatic hydroxyl groups is 2. The van der Waals surface area contributed by atoms with Crippen LogP contribution in [0.3, 0.4) is 0 Å². The molecule has 1 unspecified atom stereocenters. The third-order valence-electron chi connectivity index (χ3n) is 1.63. The molecule has 0 saturated heterocycles. The summed E-state index contributed by atoms with van der Waals surface area (Å²) in [6, 6.07) is 0. The van der Waals surface area contributed by atoms with Gasteiger partial charge in [0.1, 0.15) is 0 Å². The molecule has 5 N–H and O–H groups in total. The summed E-state index contributed by atoms with van der Waals surface area (Å²) in [5.41, 5.74) is -2.74. The Balaban J connectivity index is -0.000000352. The monoisotopic (exact) mass is 320 g/mol. The van der Waals surface area contributed by atoms with Gasteiger partial charge in [0.25, 0.3) is 0 Å². The number of hydrogen-bond donors (Lipinski definition) is 5. The molecule has 10 nitrogen and oxygen atoms in total. The largest absolute Gasteiger partial charge is 1.00 e. The molecular weight excluding hydrogens is 307 g/mol. The first-order chi connectivity index (χ1) is 8.42. The first kappa shape index (κ1) is 24.5. The molecule has 0 aliphatic rings. The van der Waals surface area contributed by atoms with E-state index < -0.39 is 48.4 Å². The molecule has 0 radical (unpaired) electrons. The van der Waals surface area contributed by atoms with Crippen LogP contribution in [0, 0.1) is 0 Å². The molecular formula is C9H13KO10. The zero-order chi connectivity index (χ0) is 15.8. The van der Waals surface area contributed by atoms with E-state index in [1.54, 1.807) is 0 Å². The minimum atomic E-state index is -2.74. The smallest absolute Gasteiger partial charge is 0.547 e. The van der Waals surface area contributed by atoms with Gasteiger partial charge in [0.2, 0.25) is 0 Å². The van der Waals surface area contributed by atoms with E-state index in [0.717, 1.165) is 6.92 Å². The van der Waals surface area contributed by atoms with E-state index in [1.165, 1.54) is 0 Å². The van der Waals surface area contributed by atoms with E-state index in [-0.39, 0.29) is 51.4 Å². The molecule has 0 fully saturated rings. The second kappa shape index (κ2) is 11.1. The van der Waals surface area contributed by atoms with Gasteiger partial charge >= 0.3 is 69.3 Å². The molecule has 0 bridgehead atoms. The summed E-state index contributed by atoms with van der Waals surface area (Å²) >= 11 is 0. The third kappa shape index (κ3) is 12.5. The van der Waals surface area contributed by atoms with Crippen molar-refractivity contribution in [1.82, 2.24) is 0 Å². The van der Waals surface area contributed by atoms with Crippen molar-refractivity contribution < 1.29 is 101 Å². The van der Waals surface area contributed by atoms with Gasteiger partial charge in [-0.1, -0.05) is 0 Å². The van der Waals surface area contributed by atoms with Crippen LogP contribution in [0.15, 0.2) is 0 Å². The van der Waals surface area contributed by atoms with Crippen LogP contribution in [0.4, 0.5) is 0 Å². The summed E-state index contributed by atoms with van der Waals surface area (Å²) in [7, 11) is 0. The number of hydrogen-bond acceptors (Lipinski definition) is 7. The summed E-state index contributed by atoms with van der Waals surface area (Å²) in [6.07, 6.45) is -3.63. The first-order valence-electron chi connectivity index (χ1n) is 4.70. The van der Waals surface area contributed by atoms with E-state index in [0.29, 0.717) is 0 Å². The van der Waals surface area contributed by atoms with E-state index in [1.807, 2.05) is 0 Å². The van der Waals surface area contributed by atoms with Gasteiger partial charge in [-0.2, -0.15) is 0 Å². The molecule has 0 amide bonds. The Labute approximate surface area is 155 Å². The van der Waals surface area contributed by atoms with Gasteiger partial charge in [-0.15, -0.1) is 0 Å². The summed E-state index contributed by atoms with van der Waals surface area (Å²) < 4.78 is 0. The van der Waals surface area contributed by atoms with Crippen molar-refractivity contribution in [2.75, 3.05) is 0 Å². The molecule has 0 saturated carbocycles. The number of carboxylic acids is 4. The second-order valence-electron chi connectivity index (χ2n) is 3.47. The standard InChI is InChI=1S/C6H8O7.C3H6O3.K/c7-3(8)1-6(13,5(11)12)2-4(9)10;1-2(4)3(5)6;/h13H,1-2H2,(H,7,8)(H,9,10)(H,11,12);2,4H,1H3,(H,5,6);/q;;+1/p-1. The van der Waals surface area contributed by atoms with Crippen LogP contribution >= 0.6 is 0 Å². The number of carboxylic acid groups (broad SMARTS) is 4. The van der Waals surface area contributed by atoms with Crippen LogP contribution in [0.25, 0.3) is 0 Å². The average molecular weight is 320 g/mol. The number of carbonyl (C=O) groups excluding carboxylic acids is 1. The molecule has 1 atom stereocenters. The van der Waals surface area contributed by atoms with Gasteiger partial charge in [-0.3, -0.25) is 9.59 Å². The second-order valence-corrected chi connectivity index (χ2v) is 3.47. The molecule has 11 heteroatoms. The van der Waals surface area contributed by atoms with E-state index in [2.05, 4.69) is 0 Å². The molecule has 0 aromatic rings. The summed E-state index contributed by atoms with van der Waals surface area (Å²) in [5, 5.41) is 51.1. The number of carbonyl (C=O) groups is 4. The van der Waals surface area contributed by atoms with Crippen molar-refractivity contribution in [3.8, 4) is 0 Å². The molecule has 0 heterocycles. The van der Waals surface area contributed by atoms with Gasteiger partial charge in [0.15, 0.2) is 5.60 Å². The van der Waals surface area contributed by atoms with Gasteiger partial charge in [-0.25, -0.2) is 4.79 Å². The van der Waals surface area contributed by atoms with Crippen LogP contribution in [-0.4, -0.2) is 61.1 Å². The average Bonchev–Trinajstić information content (AvgIpc) is 2.14. The maximum atomic E-state index is 10.3. The van der Waals surface area contributed by atoms with Crippen LogP contribution in [0.2, 0.25) is 0 Å². The topological polar surface area (TPSA) is 192 Å². The Kier molecular flexibility index (Phi) is 13.6. The zero-order valence-electron chi connectivity index (χ0n) is 10.8. The van der Waals surface area contributed by atoms with Crippen LogP contribution in [0.1, 0.15) is 19.8 Å². The predicted molar refractivity (Wildman–Crippen MR) is 53.8 cm³/mol. The van der Waals surface area contributed by atoms with Gasteiger partial charge in [-0.05, 0) is 6.92 Å². The van der Waals surface area contributed by atoms with Crippen molar-refractivity contribution in [3.63, 3.8) is 0 Å². The molecule has 0 aromatic carbocycles. The molecule has 0 aliphatic heterocycles. The van der Waals surface area contributed by atoms with Crippen LogP contribution in [-0.2, 0) is 19.2 Å². The van der Waals surface area contributed by atoms with Gasteiger partial charge < -0.3 is 35.4 Å². The fourth-order valence-corrected chi connectivity index (χ4v) is 0.714. The Bertz CT molecular complexity index is 348. The molecule has 20 heavy (non-hydrogen) atoms. The van der Waals surface area contributed by atoms with E-state index in [9.17, 15) is 24.3 Å². The van der Waals surface area contributed by atoms with Gasteiger partial charge in [0.05, 0.1) is 24.9 Å². The van der Waals surface area contributed by atoms with Crippen molar-refractivity contribution in [1.29, 1.82) is 0 Å². The van der Waals surface area contributed by atoms with Crippen molar-refractivity contribution >= 4 is 23.9 Å². The summed E-state index contributed by atoms with van der Waals surface area (Å²) in [4.78, 5) is 39.8. The number of aliphatic carboxylic acids is 4. The Morgan fingerprint density at radius 1 is 1.05 bits per heavy atom. The molecule has 110 valence electrons. The van der Waals surface area contributed by atoms with Crippen molar-refractivity contribution in [3.05, 3.63) is 0 Å². The Morgan fingerprint density at radius 2 is 1.30 bits per heavy atom. The quantitative estimate of drug-likeness (QED) is 0.294. The minimum absolute atomic E-state index is 0. The zero-order valence-corrected chi connectivity index (χ0v) is 13.9. The van der Waals surface area contributed by atoms with E-state index in [4.69, 9.17) is 25.5 Å². The molecule has 0 rings (SSSR count). The Morgan fingerprint density at radius 3 is 1.40 bits per heavy atom. The first-order valence-corrected chi connectivity index (χ1v) is 4.70. The molecule has 0 spiro atoms. The fraction of sp³-hybridized carbons (Fsp3) is 0.556. The maximum absolute atomic E-state index is 10.3. The number of rotatable bonds is 6. The van der Waals surface area contributed by atoms with Crippen LogP contribution < -0.4 is 56.5 Å². The van der Waals surface area contributed by atoms with Crippen molar-refractivity contribution in [2.24, 2.45) is 0 Å². The SMILES string of the molecule is CC(O)C(=O)[O-].O=C(O)CC(O)(CC(=O)O)C(=O)O.[K+]. The fourth-order valence-electron chi connectivity index (χ4n) is 0.714. The predicted octanol–water partition coefficient (Wildman–Crippen LogP) is -6.13. The maximum Gasteiger partial charge on any atom is 1.00 e. The summed E-state index contributed by atoms with van der Waals surface area (Å²) in [5.74, 6) is -6.45. The normalized spacial score (nSPS) is 11.2. The molecule has 0 aromatic heterocycles. The van der Waals surface area contributed by atoms with E-state index >= 15 is 0 Å². The third-order valence-corrected chi connectivity index (χ3v) is 1.63. The van der Waals surface area contributed by atoms with Gasteiger partial charge in [0, 0.05) is 0 Å². The Hall–Kier alpha value is -0.564. The minimum Gasteiger partial charge on any atom is -0.547 e. The van der Waals surface area contributed by atoms with Crippen molar-refractivity contribution in [2.45, 2.75) is 31.5 Å².